The first-order chi connectivity index (χ1) is 5.70. The lowest BCUT2D eigenvalue weighted by atomic mass is 10.6. The van der Waals surface area contributed by atoms with E-state index in [2.05, 4.69) is 11.3 Å². The Bertz CT molecular complexity index is 198. The van der Waals surface area contributed by atoms with E-state index in [0.29, 0.717) is 6.41 Å². The number of hydrogen-bond donors (Lipinski definition) is 0. The van der Waals surface area contributed by atoms with E-state index in [-0.39, 0.29) is 6.61 Å². The standard InChI is InChI=1S/C8H11NO3/c1-3-6-12-8(11)4-5-9(2)7-10/h3-5,7H,1,6H2,2H3/b5-4+. The van der Waals surface area contributed by atoms with Gasteiger partial charge in [0, 0.05) is 19.3 Å². The molecule has 0 saturated carbocycles. The SMILES string of the molecule is C=CCOC(=O)/C=C/N(C)C=O. The lowest BCUT2D eigenvalue weighted by Gasteiger charge is -2.00. The molecule has 66 valence electrons. The van der Waals surface area contributed by atoms with Crippen LogP contribution in [-0.4, -0.2) is 30.9 Å². The molecule has 0 radical (unpaired) electrons. The summed E-state index contributed by atoms with van der Waals surface area (Å²) in [4.78, 5) is 22.0. The highest BCUT2D eigenvalue weighted by atomic mass is 16.5. The highest BCUT2D eigenvalue weighted by molar-refractivity contribution is 5.82. The molecule has 4 heteroatoms. The number of rotatable bonds is 5. The lowest BCUT2D eigenvalue weighted by Crippen LogP contribution is -2.08. The maximum atomic E-state index is 10.7. The van der Waals surface area contributed by atoms with E-state index in [0.717, 1.165) is 6.08 Å². The van der Waals surface area contributed by atoms with Crippen LogP contribution in [0.25, 0.3) is 0 Å². The second-order valence-electron chi connectivity index (χ2n) is 2.01. The molecule has 0 heterocycles. The Morgan fingerprint density at radius 2 is 2.33 bits per heavy atom. The summed E-state index contributed by atoms with van der Waals surface area (Å²) in [7, 11) is 1.52. The molecule has 0 aliphatic rings. The smallest absolute Gasteiger partial charge is 0.332 e. The average Bonchev–Trinajstić information content (AvgIpc) is 2.10. The third-order valence-electron chi connectivity index (χ3n) is 0.955. The van der Waals surface area contributed by atoms with Crippen LogP contribution in [0, 0.1) is 0 Å². The number of hydrogen-bond acceptors (Lipinski definition) is 3. The van der Waals surface area contributed by atoms with Crippen molar-refractivity contribution in [2.75, 3.05) is 13.7 Å². The quantitative estimate of drug-likeness (QED) is 0.257. The monoisotopic (exact) mass is 169 g/mol. The van der Waals surface area contributed by atoms with Crippen LogP contribution in [0.4, 0.5) is 0 Å². The predicted molar refractivity (Wildman–Crippen MR) is 44.1 cm³/mol. The van der Waals surface area contributed by atoms with Gasteiger partial charge in [0.2, 0.25) is 6.41 Å². The Morgan fingerprint density at radius 3 is 2.83 bits per heavy atom. The van der Waals surface area contributed by atoms with Crippen LogP contribution < -0.4 is 0 Å². The second-order valence-corrected chi connectivity index (χ2v) is 2.01. The zero-order valence-corrected chi connectivity index (χ0v) is 6.90. The number of amides is 1. The van der Waals surface area contributed by atoms with E-state index < -0.39 is 5.97 Å². The molecule has 4 nitrogen and oxygen atoms in total. The van der Waals surface area contributed by atoms with Crippen LogP contribution >= 0.6 is 0 Å². The number of carbonyl (C=O) groups excluding carboxylic acids is 2. The van der Waals surface area contributed by atoms with Gasteiger partial charge in [0.15, 0.2) is 0 Å². The van der Waals surface area contributed by atoms with Gasteiger partial charge in [-0.2, -0.15) is 0 Å². The van der Waals surface area contributed by atoms with E-state index in [9.17, 15) is 9.59 Å². The molecule has 1 amide bonds. The molecule has 0 fully saturated rings. The normalized spacial score (nSPS) is 9.42. The fourth-order valence-corrected chi connectivity index (χ4v) is 0.403. The van der Waals surface area contributed by atoms with Gasteiger partial charge in [-0.15, -0.1) is 0 Å². The van der Waals surface area contributed by atoms with Gasteiger partial charge in [-0.1, -0.05) is 12.7 Å². The predicted octanol–water partition coefficient (Wildman–Crippen LogP) is 0.317. The van der Waals surface area contributed by atoms with Gasteiger partial charge in [0.05, 0.1) is 0 Å². The molecule has 0 aromatic heterocycles. The molecular weight excluding hydrogens is 158 g/mol. The fraction of sp³-hybridized carbons (Fsp3) is 0.250. The summed E-state index contributed by atoms with van der Waals surface area (Å²) in [6, 6.07) is 0. The first kappa shape index (κ1) is 10.4. The highest BCUT2D eigenvalue weighted by Gasteiger charge is 1.93. The molecule has 0 N–H and O–H groups in total. The van der Waals surface area contributed by atoms with Crippen molar-refractivity contribution in [2.45, 2.75) is 0 Å². The van der Waals surface area contributed by atoms with Crippen molar-refractivity contribution in [3.05, 3.63) is 24.9 Å². The molecule has 0 unspecified atom stereocenters. The fourth-order valence-electron chi connectivity index (χ4n) is 0.403. The molecule has 0 bridgehead atoms. The summed E-state index contributed by atoms with van der Waals surface area (Å²) in [5, 5.41) is 0. The number of carbonyl (C=O) groups is 2. The largest absolute Gasteiger partial charge is 0.458 e. The molecular formula is C8H11NO3. The maximum Gasteiger partial charge on any atom is 0.332 e. The highest BCUT2D eigenvalue weighted by Crippen LogP contribution is 1.84. The maximum absolute atomic E-state index is 10.7. The summed E-state index contributed by atoms with van der Waals surface area (Å²) in [5.74, 6) is -0.497. The van der Waals surface area contributed by atoms with Crippen LogP contribution in [0.2, 0.25) is 0 Å². The van der Waals surface area contributed by atoms with Crippen molar-refractivity contribution in [3.63, 3.8) is 0 Å². The second kappa shape index (κ2) is 6.15. The Morgan fingerprint density at radius 1 is 1.67 bits per heavy atom. The molecule has 0 spiro atoms. The Kier molecular flexibility index (Phi) is 5.34. The van der Waals surface area contributed by atoms with Crippen LogP contribution in [-0.2, 0) is 14.3 Å². The summed E-state index contributed by atoms with van der Waals surface area (Å²) >= 11 is 0. The zero-order chi connectivity index (χ0) is 9.40. The van der Waals surface area contributed by atoms with E-state index in [4.69, 9.17) is 0 Å². The molecule has 0 aromatic rings. The van der Waals surface area contributed by atoms with Crippen molar-refractivity contribution in [1.82, 2.24) is 4.90 Å². The minimum atomic E-state index is -0.497. The number of nitrogens with zero attached hydrogens (tertiary/aromatic N) is 1. The summed E-state index contributed by atoms with van der Waals surface area (Å²) in [5.41, 5.74) is 0. The van der Waals surface area contributed by atoms with Crippen LogP contribution in [0.15, 0.2) is 24.9 Å². The van der Waals surface area contributed by atoms with E-state index in [1.54, 1.807) is 0 Å². The van der Waals surface area contributed by atoms with Crippen LogP contribution in [0.1, 0.15) is 0 Å². The molecule has 0 atom stereocenters. The van der Waals surface area contributed by atoms with Gasteiger partial charge in [-0.3, -0.25) is 4.79 Å². The Labute approximate surface area is 71.1 Å². The van der Waals surface area contributed by atoms with Gasteiger partial charge in [-0.25, -0.2) is 4.79 Å². The van der Waals surface area contributed by atoms with Gasteiger partial charge < -0.3 is 9.64 Å². The Balaban J connectivity index is 3.74. The minimum absolute atomic E-state index is 0.175. The summed E-state index contributed by atoms with van der Waals surface area (Å²) < 4.78 is 4.60. The summed E-state index contributed by atoms with van der Waals surface area (Å²) in [6.45, 7) is 3.55. The van der Waals surface area contributed by atoms with Crippen molar-refractivity contribution in [3.8, 4) is 0 Å². The van der Waals surface area contributed by atoms with Crippen molar-refractivity contribution in [1.29, 1.82) is 0 Å². The van der Waals surface area contributed by atoms with Gasteiger partial charge in [-0.05, 0) is 0 Å². The first-order valence-corrected chi connectivity index (χ1v) is 3.33. The van der Waals surface area contributed by atoms with Crippen molar-refractivity contribution >= 4 is 12.4 Å². The van der Waals surface area contributed by atoms with Gasteiger partial charge >= 0.3 is 5.97 Å². The van der Waals surface area contributed by atoms with Crippen molar-refractivity contribution in [2.24, 2.45) is 0 Å². The van der Waals surface area contributed by atoms with Gasteiger partial charge in [0.1, 0.15) is 6.61 Å². The van der Waals surface area contributed by atoms with Crippen LogP contribution in [0.5, 0.6) is 0 Å². The topological polar surface area (TPSA) is 46.6 Å². The average molecular weight is 169 g/mol. The first-order valence-electron chi connectivity index (χ1n) is 3.33. The Hall–Kier alpha value is -1.58. The number of ether oxygens (including phenoxy) is 1. The van der Waals surface area contributed by atoms with Crippen molar-refractivity contribution < 1.29 is 14.3 Å². The molecule has 0 aliphatic heterocycles. The van der Waals surface area contributed by atoms with E-state index >= 15 is 0 Å². The molecule has 12 heavy (non-hydrogen) atoms. The lowest BCUT2D eigenvalue weighted by molar-refractivity contribution is -0.136. The number of esters is 1. The van der Waals surface area contributed by atoms with Crippen LogP contribution in [0.3, 0.4) is 0 Å². The van der Waals surface area contributed by atoms with Gasteiger partial charge in [0.25, 0.3) is 0 Å². The molecule has 0 rings (SSSR count). The molecule has 0 aliphatic carbocycles. The van der Waals surface area contributed by atoms with E-state index in [1.807, 2.05) is 0 Å². The third-order valence-corrected chi connectivity index (χ3v) is 0.955. The minimum Gasteiger partial charge on any atom is -0.458 e. The third kappa shape index (κ3) is 5.22. The molecule has 0 saturated heterocycles. The summed E-state index contributed by atoms with van der Waals surface area (Å²) in [6.07, 6.45) is 4.53. The molecule has 0 aromatic carbocycles. The van der Waals surface area contributed by atoms with E-state index in [1.165, 1.54) is 24.2 Å². The zero-order valence-electron chi connectivity index (χ0n) is 6.90.